The van der Waals surface area contributed by atoms with E-state index in [1.54, 1.807) is 19.3 Å². The second-order valence-corrected chi connectivity index (χ2v) is 4.14. The molecule has 1 unspecified atom stereocenters. The van der Waals surface area contributed by atoms with Crippen molar-refractivity contribution in [3.63, 3.8) is 0 Å². The van der Waals surface area contributed by atoms with Crippen molar-refractivity contribution in [1.29, 1.82) is 0 Å². The van der Waals surface area contributed by atoms with Crippen LogP contribution in [0.3, 0.4) is 0 Å². The van der Waals surface area contributed by atoms with Gasteiger partial charge >= 0.3 is 12.0 Å². The number of rotatable bonds is 5. The minimum absolute atomic E-state index is 0.116. The van der Waals surface area contributed by atoms with Crippen LogP contribution in [0, 0.1) is 0 Å². The summed E-state index contributed by atoms with van der Waals surface area (Å²) in [6, 6.07) is -0.0840. The number of aromatic nitrogens is 4. The largest absolute Gasteiger partial charge is 0.480 e. The summed E-state index contributed by atoms with van der Waals surface area (Å²) in [4.78, 5) is 29.4. The summed E-state index contributed by atoms with van der Waals surface area (Å²) >= 11 is 0. The zero-order valence-electron chi connectivity index (χ0n) is 10.7. The molecule has 0 aliphatic carbocycles. The number of imidazole rings is 1. The van der Waals surface area contributed by atoms with Crippen molar-refractivity contribution < 1.29 is 14.7 Å². The van der Waals surface area contributed by atoms with Crippen LogP contribution in [-0.2, 0) is 18.3 Å². The van der Waals surface area contributed by atoms with E-state index < -0.39 is 18.0 Å². The maximum Gasteiger partial charge on any atom is 0.326 e. The minimum atomic E-state index is -1.13. The Morgan fingerprint density at radius 2 is 2.35 bits per heavy atom. The molecule has 9 heteroatoms. The number of carbonyl (C=O) groups is 2. The summed E-state index contributed by atoms with van der Waals surface area (Å²) in [6.45, 7) is 0. The summed E-state index contributed by atoms with van der Waals surface area (Å²) < 4.78 is 1.52. The van der Waals surface area contributed by atoms with E-state index in [4.69, 9.17) is 5.11 Å². The molecule has 20 heavy (non-hydrogen) atoms. The Morgan fingerprint density at radius 1 is 1.55 bits per heavy atom. The van der Waals surface area contributed by atoms with Crippen LogP contribution in [0.2, 0.25) is 0 Å². The zero-order chi connectivity index (χ0) is 14.5. The third-order valence-electron chi connectivity index (χ3n) is 2.54. The van der Waals surface area contributed by atoms with Gasteiger partial charge in [0.15, 0.2) is 5.82 Å². The lowest BCUT2D eigenvalue weighted by Gasteiger charge is -2.13. The van der Waals surface area contributed by atoms with Crippen LogP contribution in [0.5, 0.6) is 0 Å². The molecule has 2 rings (SSSR count). The molecule has 106 valence electrons. The van der Waals surface area contributed by atoms with Crippen molar-refractivity contribution in [1.82, 2.24) is 25.1 Å². The average Bonchev–Trinajstić information content (AvgIpc) is 3.00. The average molecular weight is 278 g/mol. The smallest absolute Gasteiger partial charge is 0.326 e. The van der Waals surface area contributed by atoms with Crippen LogP contribution >= 0.6 is 0 Å². The molecule has 0 aliphatic rings. The molecule has 0 aromatic carbocycles. The first-order chi connectivity index (χ1) is 9.54. The van der Waals surface area contributed by atoms with Gasteiger partial charge in [0.2, 0.25) is 0 Å². The molecule has 0 saturated heterocycles. The summed E-state index contributed by atoms with van der Waals surface area (Å²) in [7, 11) is 1.71. The topological polar surface area (TPSA) is 125 Å². The van der Waals surface area contributed by atoms with Gasteiger partial charge < -0.3 is 15.4 Å². The molecular formula is C11H14N6O3. The molecular weight excluding hydrogens is 264 g/mol. The van der Waals surface area contributed by atoms with E-state index >= 15 is 0 Å². The van der Waals surface area contributed by atoms with Gasteiger partial charge in [0, 0.05) is 37.6 Å². The Bertz CT molecular complexity index is 591. The van der Waals surface area contributed by atoms with Gasteiger partial charge in [-0.1, -0.05) is 0 Å². The van der Waals surface area contributed by atoms with Gasteiger partial charge in [0.1, 0.15) is 6.04 Å². The molecule has 0 bridgehead atoms. The second-order valence-electron chi connectivity index (χ2n) is 4.14. The fraction of sp³-hybridized carbons (Fsp3) is 0.273. The Morgan fingerprint density at radius 3 is 2.90 bits per heavy atom. The number of H-pyrrole nitrogens is 1. The maximum atomic E-state index is 11.7. The van der Waals surface area contributed by atoms with Crippen LogP contribution in [0.4, 0.5) is 10.6 Å². The number of carboxylic acids is 1. The Hall–Kier alpha value is -2.84. The van der Waals surface area contributed by atoms with Crippen LogP contribution in [0.1, 0.15) is 5.69 Å². The lowest BCUT2D eigenvalue weighted by Crippen LogP contribution is -2.44. The number of amides is 2. The van der Waals surface area contributed by atoms with Gasteiger partial charge in [-0.05, 0) is 0 Å². The molecule has 2 aromatic heterocycles. The predicted octanol–water partition coefficient (Wildman–Crippen LogP) is -0.0394. The van der Waals surface area contributed by atoms with Gasteiger partial charge in [-0.2, -0.15) is 5.10 Å². The number of aryl methyl sites for hydroxylation is 1. The van der Waals surface area contributed by atoms with E-state index in [-0.39, 0.29) is 6.42 Å². The monoisotopic (exact) mass is 278 g/mol. The van der Waals surface area contributed by atoms with E-state index in [0.717, 1.165) is 0 Å². The van der Waals surface area contributed by atoms with Crippen LogP contribution in [0.15, 0.2) is 24.8 Å². The third-order valence-corrected chi connectivity index (χ3v) is 2.54. The Kier molecular flexibility index (Phi) is 3.99. The number of aromatic amines is 1. The molecule has 2 aromatic rings. The summed E-state index contributed by atoms with van der Waals surface area (Å²) in [5.41, 5.74) is 0.621. The van der Waals surface area contributed by atoms with E-state index in [0.29, 0.717) is 11.5 Å². The fourth-order valence-electron chi connectivity index (χ4n) is 1.61. The highest BCUT2D eigenvalue weighted by atomic mass is 16.4. The first-order valence-corrected chi connectivity index (χ1v) is 5.82. The molecule has 0 radical (unpaired) electrons. The van der Waals surface area contributed by atoms with Crippen molar-refractivity contribution in [3.8, 4) is 0 Å². The van der Waals surface area contributed by atoms with Crippen molar-refractivity contribution in [2.75, 3.05) is 5.32 Å². The van der Waals surface area contributed by atoms with Crippen LogP contribution in [-0.4, -0.2) is 42.9 Å². The number of carboxylic acid groups (broad SMARTS) is 1. The zero-order valence-corrected chi connectivity index (χ0v) is 10.7. The number of aliphatic carboxylic acids is 1. The SMILES string of the molecule is Cn1ccc(NC(=O)NC(Cc2cnc[nH]2)C(=O)O)n1. The standard InChI is InChI=1S/C11H14N6O3/c1-17-3-2-9(16-17)15-11(20)14-8(10(18)19)4-7-5-12-6-13-7/h2-3,5-6,8H,4H2,1H3,(H,12,13)(H,18,19)(H2,14,15,16,20). The van der Waals surface area contributed by atoms with E-state index in [9.17, 15) is 9.59 Å². The number of carbonyl (C=O) groups excluding carboxylic acids is 1. The maximum absolute atomic E-state index is 11.7. The van der Waals surface area contributed by atoms with Gasteiger partial charge in [-0.25, -0.2) is 14.6 Å². The van der Waals surface area contributed by atoms with Crippen molar-refractivity contribution in [2.24, 2.45) is 7.05 Å². The molecule has 2 amide bonds. The highest BCUT2D eigenvalue weighted by Gasteiger charge is 2.21. The van der Waals surface area contributed by atoms with Gasteiger partial charge in [-0.15, -0.1) is 0 Å². The van der Waals surface area contributed by atoms with E-state index in [1.807, 2.05) is 0 Å². The summed E-state index contributed by atoms with van der Waals surface area (Å²) in [5.74, 6) is -0.786. The molecule has 0 fully saturated rings. The normalized spacial score (nSPS) is 11.8. The van der Waals surface area contributed by atoms with E-state index in [2.05, 4.69) is 25.7 Å². The number of anilines is 1. The summed E-state index contributed by atoms with van der Waals surface area (Å²) in [6.07, 6.45) is 4.73. The second kappa shape index (κ2) is 5.87. The molecule has 0 aliphatic heterocycles. The van der Waals surface area contributed by atoms with Crippen molar-refractivity contribution in [3.05, 3.63) is 30.5 Å². The first kappa shape index (κ1) is 13.6. The number of hydrogen-bond donors (Lipinski definition) is 4. The van der Waals surface area contributed by atoms with Crippen molar-refractivity contribution >= 4 is 17.8 Å². The highest BCUT2D eigenvalue weighted by molar-refractivity contribution is 5.91. The molecule has 4 N–H and O–H groups in total. The summed E-state index contributed by atoms with van der Waals surface area (Å²) in [5, 5.41) is 17.9. The lowest BCUT2D eigenvalue weighted by molar-refractivity contribution is -0.139. The minimum Gasteiger partial charge on any atom is -0.480 e. The van der Waals surface area contributed by atoms with Crippen LogP contribution < -0.4 is 10.6 Å². The van der Waals surface area contributed by atoms with E-state index in [1.165, 1.54) is 17.2 Å². The predicted molar refractivity (Wildman–Crippen MR) is 69.1 cm³/mol. The van der Waals surface area contributed by atoms with Gasteiger partial charge in [-0.3, -0.25) is 10.00 Å². The first-order valence-electron chi connectivity index (χ1n) is 5.82. The van der Waals surface area contributed by atoms with Crippen molar-refractivity contribution in [2.45, 2.75) is 12.5 Å². The number of urea groups is 1. The molecule has 9 nitrogen and oxygen atoms in total. The van der Waals surface area contributed by atoms with Gasteiger partial charge in [0.05, 0.1) is 6.33 Å². The fourth-order valence-corrected chi connectivity index (χ4v) is 1.61. The molecule has 2 heterocycles. The van der Waals surface area contributed by atoms with Gasteiger partial charge in [0.25, 0.3) is 0 Å². The Labute approximate surface area is 114 Å². The highest BCUT2D eigenvalue weighted by Crippen LogP contribution is 2.02. The number of nitrogens with one attached hydrogen (secondary N) is 3. The quantitative estimate of drug-likeness (QED) is 0.610. The number of nitrogens with zero attached hydrogens (tertiary/aromatic N) is 3. The number of hydrogen-bond acceptors (Lipinski definition) is 4. The lowest BCUT2D eigenvalue weighted by atomic mass is 10.2. The van der Waals surface area contributed by atoms with Crippen LogP contribution in [0.25, 0.3) is 0 Å². The Balaban J connectivity index is 1.94. The molecule has 0 spiro atoms. The third kappa shape index (κ3) is 3.57. The molecule has 1 atom stereocenters. The molecule has 0 saturated carbocycles.